The summed E-state index contributed by atoms with van der Waals surface area (Å²) in [5.74, 6) is 1.94. The zero-order valence-corrected chi connectivity index (χ0v) is 17.3. The van der Waals surface area contributed by atoms with Gasteiger partial charge in [0.15, 0.2) is 0 Å². The van der Waals surface area contributed by atoms with Gasteiger partial charge >= 0.3 is 6.18 Å². The predicted octanol–water partition coefficient (Wildman–Crippen LogP) is 5.64. The van der Waals surface area contributed by atoms with Crippen molar-refractivity contribution in [3.8, 4) is 10.6 Å². The number of hydrogen-bond acceptors (Lipinski definition) is 6. The van der Waals surface area contributed by atoms with E-state index in [1.165, 1.54) is 19.3 Å². The van der Waals surface area contributed by atoms with E-state index >= 15 is 0 Å². The van der Waals surface area contributed by atoms with Crippen LogP contribution in [0.3, 0.4) is 0 Å². The Hall–Kier alpha value is -2.42. The summed E-state index contributed by atoms with van der Waals surface area (Å²) in [4.78, 5) is 13.5. The summed E-state index contributed by atoms with van der Waals surface area (Å²) in [5, 5.41) is 6.66. The van der Waals surface area contributed by atoms with Crippen LogP contribution in [-0.2, 0) is 0 Å². The van der Waals surface area contributed by atoms with Crippen LogP contribution in [0, 0.1) is 18.8 Å². The van der Waals surface area contributed by atoms with Crippen molar-refractivity contribution in [2.45, 2.75) is 44.8 Å². The highest BCUT2D eigenvalue weighted by molar-refractivity contribution is 7.21. The van der Waals surface area contributed by atoms with Gasteiger partial charge in [-0.25, -0.2) is 9.97 Å². The van der Waals surface area contributed by atoms with E-state index in [4.69, 9.17) is 4.98 Å². The molecule has 3 aromatic rings. The molecule has 9 heteroatoms. The number of aromatic nitrogens is 3. The molecule has 2 aliphatic carbocycles. The molecular weight excluding hydrogens is 411 g/mol. The smallest absolute Gasteiger partial charge is 0.366 e. The maximum atomic E-state index is 12.7. The molecule has 0 bridgehead atoms. The zero-order chi connectivity index (χ0) is 20.9. The summed E-state index contributed by atoms with van der Waals surface area (Å²) < 4.78 is 39.1. The van der Waals surface area contributed by atoms with E-state index in [9.17, 15) is 13.2 Å². The zero-order valence-electron chi connectivity index (χ0n) is 16.5. The van der Waals surface area contributed by atoms with Crippen molar-refractivity contribution in [2.24, 2.45) is 11.8 Å². The second kappa shape index (κ2) is 7.37. The van der Waals surface area contributed by atoms with Crippen molar-refractivity contribution in [3.05, 3.63) is 30.0 Å². The number of para-hydroxylation sites is 1. The van der Waals surface area contributed by atoms with Crippen LogP contribution in [0.25, 0.3) is 20.8 Å². The van der Waals surface area contributed by atoms with Gasteiger partial charge in [-0.15, -0.1) is 11.3 Å². The molecule has 3 atom stereocenters. The SMILES string of the molecule is Cc1nc(NCC(F)(F)F)nc(NC2CCC3CCC32)c1-c1nc2ccccc2s1. The van der Waals surface area contributed by atoms with Gasteiger partial charge in [0.1, 0.15) is 17.4 Å². The van der Waals surface area contributed by atoms with Crippen molar-refractivity contribution < 1.29 is 13.2 Å². The molecule has 2 saturated carbocycles. The lowest BCUT2D eigenvalue weighted by molar-refractivity contribution is -0.115. The number of benzene rings is 1. The number of hydrogen-bond donors (Lipinski definition) is 2. The molecule has 30 heavy (non-hydrogen) atoms. The number of aryl methyl sites for hydroxylation is 1. The molecule has 2 N–H and O–H groups in total. The highest BCUT2D eigenvalue weighted by Gasteiger charge is 2.42. The van der Waals surface area contributed by atoms with Gasteiger partial charge in [0.05, 0.1) is 21.5 Å². The van der Waals surface area contributed by atoms with Crippen molar-refractivity contribution in [3.63, 3.8) is 0 Å². The fraction of sp³-hybridized carbons (Fsp3) is 0.476. The fourth-order valence-electron chi connectivity index (χ4n) is 4.62. The van der Waals surface area contributed by atoms with Crippen LogP contribution in [-0.4, -0.2) is 33.7 Å². The third-order valence-corrected chi connectivity index (χ3v) is 7.26. The number of rotatable bonds is 5. The molecule has 0 amide bonds. The Morgan fingerprint density at radius 1 is 1.07 bits per heavy atom. The second-order valence-corrected chi connectivity index (χ2v) is 9.17. The molecule has 0 saturated heterocycles. The Kier molecular flexibility index (Phi) is 4.80. The van der Waals surface area contributed by atoms with Gasteiger partial charge in [-0.05, 0) is 56.6 Å². The third-order valence-electron chi connectivity index (χ3n) is 6.21. The molecule has 2 aromatic heterocycles. The number of nitrogens with zero attached hydrogens (tertiary/aromatic N) is 3. The Balaban J connectivity index is 1.53. The Bertz CT molecular complexity index is 1050. The lowest BCUT2D eigenvalue weighted by atomic mass is 9.75. The molecule has 0 radical (unpaired) electrons. The van der Waals surface area contributed by atoms with Crippen molar-refractivity contribution in [1.82, 2.24) is 15.0 Å². The topological polar surface area (TPSA) is 62.7 Å². The maximum absolute atomic E-state index is 12.7. The van der Waals surface area contributed by atoms with Crippen LogP contribution >= 0.6 is 11.3 Å². The van der Waals surface area contributed by atoms with E-state index in [2.05, 4.69) is 20.6 Å². The van der Waals surface area contributed by atoms with Crippen molar-refractivity contribution in [1.29, 1.82) is 0 Å². The Labute approximate surface area is 176 Å². The molecule has 5 nitrogen and oxygen atoms in total. The molecule has 2 heterocycles. The highest BCUT2D eigenvalue weighted by atomic mass is 32.1. The average Bonchev–Trinajstić information content (AvgIpc) is 3.19. The summed E-state index contributed by atoms with van der Waals surface area (Å²) in [5.41, 5.74) is 2.28. The highest BCUT2D eigenvalue weighted by Crippen LogP contribution is 2.48. The molecule has 0 aliphatic heterocycles. The first-order valence-electron chi connectivity index (χ1n) is 10.2. The molecule has 5 rings (SSSR count). The van der Waals surface area contributed by atoms with Gasteiger partial charge in [-0.2, -0.15) is 18.2 Å². The van der Waals surface area contributed by atoms with Gasteiger partial charge in [0, 0.05) is 6.04 Å². The number of alkyl halides is 3. The normalized spacial score (nSPS) is 23.3. The largest absolute Gasteiger partial charge is 0.405 e. The Morgan fingerprint density at radius 3 is 2.57 bits per heavy atom. The van der Waals surface area contributed by atoms with E-state index in [1.54, 1.807) is 18.3 Å². The summed E-state index contributed by atoms with van der Waals surface area (Å²) in [6, 6.07) is 8.16. The molecular formula is C21H22F3N5S. The molecule has 2 fully saturated rings. The average molecular weight is 434 g/mol. The minimum absolute atomic E-state index is 0.0136. The summed E-state index contributed by atoms with van der Waals surface area (Å²) in [6.45, 7) is 0.633. The van der Waals surface area contributed by atoms with Gasteiger partial charge in [-0.1, -0.05) is 12.1 Å². The summed E-state index contributed by atoms with van der Waals surface area (Å²) in [7, 11) is 0. The van der Waals surface area contributed by atoms with Crippen molar-refractivity contribution in [2.75, 3.05) is 17.2 Å². The number of halogens is 3. The fourth-order valence-corrected chi connectivity index (χ4v) is 5.68. The molecule has 3 unspecified atom stereocenters. The van der Waals surface area contributed by atoms with E-state index in [0.29, 0.717) is 23.5 Å². The predicted molar refractivity (Wildman–Crippen MR) is 113 cm³/mol. The van der Waals surface area contributed by atoms with Gasteiger partial charge in [0.25, 0.3) is 0 Å². The van der Waals surface area contributed by atoms with Gasteiger partial charge < -0.3 is 10.6 Å². The maximum Gasteiger partial charge on any atom is 0.405 e. The first-order valence-corrected chi connectivity index (χ1v) is 11.0. The molecule has 158 valence electrons. The quantitative estimate of drug-likeness (QED) is 0.546. The summed E-state index contributed by atoms with van der Waals surface area (Å²) >= 11 is 1.54. The number of fused-ring (bicyclic) bond motifs is 2. The molecule has 0 spiro atoms. The van der Waals surface area contributed by atoms with Gasteiger partial charge in [-0.3, -0.25) is 0 Å². The lowest BCUT2D eigenvalue weighted by Crippen LogP contribution is -2.33. The van der Waals surface area contributed by atoms with Crippen LogP contribution in [0.4, 0.5) is 24.9 Å². The molecule has 1 aromatic carbocycles. The van der Waals surface area contributed by atoms with E-state index < -0.39 is 12.7 Å². The number of nitrogens with one attached hydrogen (secondary N) is 2. The second-order valence-electron chi connectivity index (χ2n) is 8.14. The number of thiazole rings is 1. The van der Waals surface area contributed by atoms with E-state index in [1.807, 2.05) is 24.3 Å². The third kappa shape index (κ3) is 3.71. The van der Waals surface area contributed by atoms with Crippen LogP contribution in [0.2, 0.25) is 0 Å². The minimum atomic E-state index is -4.33. The standard InChI is InChI=1S/C21H22F3N5S/c1-11-17(19-28-15-4-2-3-5-16(15)30-19)18(27-14-9-7-12-6-8-13(12)14)29-20(26-11)25-10-21(22,23)24/h2-5,12-14H,6-10H2,1H3,(H2,25,26,27,29). The van der Waals surface area contributed by atoms with E-state index in [0.717, 1.165) is 33.1 Å². The first kappa shape index (κ1) is 19.5. The van der Waals surface area contributed by atoms with Crippen LogP contribution in [0.15, 0.2) is 24.3 Å². The Morgan fingerprint density at radius 2 is 1.87 bits per heavy atom. The first-order chi connectivity index (χ1) is 14.4. The monoisotopic (exact) mass is 433 g/mol. The minimum Gasteiger partial charge on any atom is -0.366 e. The lowest BCUT2D eigenvalue weighted by Gasteiger charge is -2.34. The van der Waals surface area contributed by atoms with Crippen LogP contribution in [0.5, 0.6) is 0 Å². The van der Waals surface area contributed by atoms with E-state index in [-0.39, 0.29) is 5.95 Å². The molecule has 2 aliphatic rings. The van der Waals surface area contributed by atoms with Crippen LogP contribution < -0.4 is 10.6 Å². The van der Waals surface area contributed by atoms with Gasteiger partial charge in [0.2, 0.25) is 5.95 Å². The summed E-state index contributed by atoms with van der Waals surface area (Å²) in [6.07, 6.45) is 0.392. The number of anilines is 2. The van der Waals surface area contributed by atoms with Crippen molar-refractivity contribution >= 4 is 33.3 Å². The van der Waals surface area contributed by atoms with Crippen LogP contribution in [0.1, 0.15) is 31.4 Å².